The first kappa shape index (κ1) is 15.9. The van der Waals surface area contributed by atoms with Gasteiger partial charge in [-0.3, -0.25) is 19.3 Å². The molecule has 0 saturated carbocycles. The zero-order valence-electron chi connectivity index (χ0n) is 13.0. The van der Waals surface area contributed by atoms with Crippen LogP contribution in [0, 0.1) is 5.82 Å². The first-order chi connectivity index (χ1) is 11.5. The van der Waals surface area contributed by atoms with E-state index in [-0.39, 0.29) is 18.4 Å². The smallest absolute Gasteiger partial charge is 0.262 e. The Morgan fingerprint density at radius 2 is 1.58 bits per heavy atom. The molecule has 3 amide bonds. The van der Waals surface area contributed by atoms with Crippen molar-refractivity contribution in [1.82, 2.24) is 10.2 Å². The Labute approximate surface area is 138 Å². The van der Waals surface area contributed by atoms with Gasteiger partial charge in [0, 0.05) is 0 Å². The van der Waals surface area contributed by atoms with Gasteiger partial charge in [0.05, 0.1) is 17.2 Å². The van der Waals surface area contributed by atoms with Crippen LogP contribution in [0.4, 0.5) is 4.39 Å². The highest BCUT2D eigenvalue weighted by atomic mass is 19.1. The largest absolute Gasteiger partial charge is 0.348 e. The molecule has 0 unspecified atom stereocenters. The Balaban J connectivity index is 1.66. The molecule has 3 rings (SSSR count). The minimum absolute atomic E-state index is 0.307. The highest BCUT2D eigenvalue weighted by molar-refractivity contribution is 6.22. The average molecular weight is 326 g/mol. The Bertz CT molecular complexity index is 782. The average Bonchev–Trinajstić information content (AvgIpc) is 2.81. The first-order valence-corrected chi connectivity index (χ1v) is 7.47. The van der Waals surface area contributed by atoms with Crippen molar-refractivity contribution in [3.63, 3.8) is 0 Å². The fourth-order valence-corrected chi connectivity index (χ4v) is 2.65. The van der Waals surface area contributed by atoms with Crippen LogP contribution >= 0.6 is 0 Å². The molecule has 24 heavy (non-hydrogen) atoms. The third-order valence-corrected chi connectivity index (χ3v) is 3.93. The number of imide groups is 1. The van der Waals surface area contributed by atoms with E-state index in [2.05, 4.69) is 5.32 Å². The summed E-state index contributed by atoms with van der Waals surface area (Å²) in [6, 6.07) is 11.9. The molecule has 122 valence electrons. The van der Waals surface area contributed by atoms with Gasteiger partial charge in [-0.2, -0.15) is 0 Å². The number of fused-ring (bicyclic) bond motifs is 1. The Morgan fingerprint density at radius 1 is 1.04 bits per heavy atom. The molecule has 0 saturated heterocycles. The lowest BCUT2D eigenvalue weighted by Crippen LogP contribution is -2.41. The molecule has 1 N–H and O–H groups in total. The van der Waals surface area contributed by atoms with Gasteiger partial charge in [0.1, 0.15) is 12.4 Å². The second-order valence-corrected chi connectivity index (χ2v) is 5.58. The Kier molecular flexibility index (Phi) is 4.12. The number of carbonyl (C=O) groups excluding carboxylic acids is 3. The predicted molar refractivity (Wildman–Crippen MR) is 84.8 cm³/mol. The minimum atomic E-state index is -0.472. The fraction of sp³-hybridized carbons (Fsp3) is 0.167. The minimum Gasteiger partial charge on any atom is -0.348 e. The van der Waals surface area contributed by atoms with Gasteiger partial charge in [-0.25, -0.2) is 4.39 Å². The number of nitrogens with zero attached hydrogens (tertiary/aromatic N) is 1. The van der Waals surface area contributed by atoms with Gasteiger partial charge in [-0.05, 0) is 36.8 Å². The topological polar surface area (TPSA) is 66.5 Å². The summed E-state index contributed by atoms with van der Waals surface area (Å²) in [6.07, 6.45) is 0. The van der Waals surface area contributed by atoms with E-state index in [0.29, 0.717) is 11.1 Å². The third kappa shape index (κ3) is 2.90. The molecule has 0 radical (unpaired) electrons. The maximum absolute atomic E-state index is 12.9. The molecular formula is C18H15FN2O3. The van der Waals surface area contributed by atoms with Crippen LogP contribution in [-0.2, 0) is 4.79 Å². The van der Waals surface area contributed by atoms with Gasteiger partial charge >= 0.3 is 0 Å². The summed E-state index contributed by atoms with van der Waals surface area (Å²) in [5.74, 6) is -1.76. The van der Waals surface area contributed by atoms with E-state index in [1.807, 2.05) is 0 Å². The molecule has 2 aromatic rings. The maximum atomic E-state index is 12.9. The number of benzene rings is 2. The van der Waals surface area contributed by atoms with Crippen molar-refractivity contribution in [3.05, 3.63) is 71.0 Å². The lowest BCUT2D eigenvalue weighted by molar-refractivity contribution is -0.122. The number of hydrogen-bond donors (Lipinski definition) is 1. The van der Waals surface area contributed by atoms with Gasteiger partial charge in [0.2, 0.25) is 5.91 Å². The Hall–Kier alpha value is -3.02. The van der Waals surface area contributed by atoms with Crippen molar-refractivity contribution < 1.29 is 18.8 Å². The van der Waals surface area contributed by atoms with E-state index in [1.165, 1.54) is 12.1 Å². The first-order valence-electron chi connectivity index (χ1n) is 7.47. The monoisotopic (exact) mass is 326 g/mol. The van der Waals surface area contributed by atoms with Crippen LogP contribution in [0.25, 0.3) is 0 Å². The molecule has 5 nitrogen and oxygen atoms in total. The number of rotatable bonds is 4. The molecule has 1 aliphatic rings. The molecule has 0 bridgehead atoms. The second kappa shape index (κ2) is 6.23. The quantitative estimate of drug-likeness (QED) is 0.877. The normalized spacial score (nSPS) is 14.5. The standard InChI is InChI=1S/C18H15FN2O3/c1-11(12-6-8-13(19)9-7-12)20-16(22)10-21-17(23)14-4-2-3-5-15(14)18(21)24/h2-9,11H,10H2,1H3,(H,20,22)/t11-/m1/s1. The van der Waals surface area contributed by atoms with Crippen molar-refractivity contribution in [2.45, 2.75) is 13.0 Å². The molecule has 1 atom stereocenters. The van der Waals surface area contributed by atoms with Gasteiger partial charge < -0.3 is 5.32 Å². The van der Waals surface area contributed by atoms with E-state index in [9.17, 15) is 18.8 Å². The molecule has 1 aliphatic heterocycles. The van der Waals surface area contributed by atoms with Gasteiger partial charge in [0.25, 0.3) is 11.8 Å². The van der Waals surface area contributed by atoms with Crippen LogP contribution in [0.3, 0.4) is 0 Å². The Morgan fingerprint density at radius 3 is 2.12 bits per heavy atom. The van der Waals surface area contributed by atoms with Crippen molar-refractivity contribution >= 4 is 17.7 Å². The maximum Gasteiger partial charge on any atom is 0.262 e. The van der Waals surface area contributed by atoms with Crippen LogP contribution in [0.2, 0.25) is 0 Å². The van der Waals surface area contributed by atoms with E-state index in [1.54, 1.807) is 43.3 Å². The summed E-state index contributed by atoms with van der Waals surface area (Å²) >= 11 is 0. The van der Waals surface area contributed by atoms with Crippen molar-refractivity contribution in [2.75, 3.05) is 6.54 Å². The van der Waals surface area contributed by atoms with Gasteiger partial charge in [-0.15, -0.1) is 0 Å². The van der Waals surface area contributed by atoms with E-state index >= 15 is 0 Å². The van der Waals surface area contributed by atoms with Crippen molar-refractivity contribution in [3.8, 4) is 0 Å². The summed E-state index contributed by atoms with van der Waals surface area (Å²) in [6.45, 7) is 1.39. The number of halogens is 1. The molecule has 2 aromatic carbocycles. The zero-order chi connectivity index (χ0) is 17.3. The van der Waals surface area contributed by atoms with Crippen molar-refractivity contribution in [1.29, 1.82) is 0 Å². The number of hydrogen-bond acceptors (Lipinski definition) is 3. The van der Waals surface area contributed by atoms with E-state index in [4.69, 9.17) is 0 Å². The van der Waals surface area contributed by atoms with Crippen LogP contribution in [0.15, 0.2) is 48.5 Å². The van der Waals surface area contributed by atoms with Crippen LogP contribution < -0.4 is 5.32 Å². The number of amides is 3. The van der Waals surface area contributed by atoms with Crippen LogP contribution in [-0.4, -0.2) is 29.2 Å². The summed E-state index contributed by atoms with van der Waals surface area (Å²) in [4.78, 5) is 37.5. The van der Waals surface area contributed by atoms with Crippen LogP contribution in [0.5, 0.6) is 0 Å². The summed E-state index contributed by atoms with van der Waals surface area (Å²) in [5.41, 5.74) is 1.34. The van der Waals surface area contributed by atoms with Gasteiger partial charge in [-0.1, -0.05) is 24.3 Å². The molecule has 6 heteroatoms. The molecule has 0 spiro atoms. The van der Waals surface area contributed by atoms with Crippen LogP contribution in [0.1, 0.15) is 39.2 Å². The van der Waals surface area contributed by atoms with E-state index in [0.717, 1.165) is 10.5 Å². The summed E-state index contributed by atoms with van der Waals surface area (Å²) < 4.78 is 12.9. The molecule has 0 fully saturated rings. The molecule has 0 aliphatic carbocycles. The van der Waals surface area contributed by atoms with E-state index < -0.39 is 17.7 Å². The third-order valence-electron chi connectivity index (χ3n) is 3.93. The zero-order valence-corrected chi connectivity index (χ0v) is 13.0. The molecular weight excluding hydrogens is 311 g/mol. The number of nitrogens with one attached hydrogen (secondary N) is 1. The predicted octanol–water partition coefficient (Wildman–Crippen LogP) is 2.30. The highest BCUT2D eigenvalue weighted by Gasteiger charge is 2.36. The number of carbonyl (C=O) groups is 3. The second-order valence-electron chi connectivity index (χ2n) is 5.58. The lowest BCUT2D eigenvalue weighted by atomic mass is 10.1. The fourth-order valence-electron chi connectivity index (χ4n) is 2.65. The summed E-state index contributed by atoms with van der Waals surface area (Å²) in [5, 5.41) is 2.70. The summed E-state index contributed by atoms with van der Waals surface area (Å²) in [7, 11) is 0. The van der Waals surface area contributed by atoms with Gasteiger partial charge in [0.15, 0.2) is 0 Å². The SMILES string of the molecule is C[C@@H](NC(=O)CN1C(=O)c2ccccc2C1=O)c1ccc(F)cc1. The molecule has 0 aromatic heterocycles. The highest BCUT2D eigenvalue weighted by Crippen LogP contribution is 2.22. The van der Waals surface area contributed by atoms with Crippen molar-refractivity contribution in [2.24, 2.45) is 0 Å². The lowest BCUT2D eigenvalue weighted by Gasteiger charge is -2.17. The molecule has 1 heterocycles.